The minimum absolute atomic E-state index is 0.230. The molecule has 0 aliphatic carbocycles. The van der Waals surface area contributed by atoms with Crippen LogP contribution in [0.2, 0.25) is 0 Å². The third kappa shape index (κ3) is 4.54. The van der Waals surface area contributed by atoms with Crippen LogP contribution in [0.4, 0.5) is 5.82 Å². The molecule has 0 amide bonds. The largest absolute Gasteiger partial charge is 0.392 e. The number of hydrogen-bond donors (Lipinski definition) is 2. The van der Waals surface area contributed by atoms with Crippen molar-refractivity contribution in [1.29, 1.82) is 0 Å². The molecule has 7 rings (SSSR count). The topological polar surface area (TPSA) is 97.5 Å². The third-order valence-corrected chi connectivity index (χ3v) is 7.51. The van der Waals surface area contributed by atoms with Gasteiger partial charge in [0.2, 0.25) is 0 Å². The zero-order valence-corrected chi connectivity index (χ0v) is 21.5. The average Bonchev–Trinajstić information content (AvgIpc) is 3.66. The van der Waals surface area contributed by atoms with E-state index >= 15 is 0 Å². The molecular formula is C31H29N7O. The van der Waals surface area contributed by atoms with E-state index in [9.17, 15) is 5.11 Å². The van der Waals surface area contributed by atoms with E-state index < -0.39 is 0 Å². The van der Waals surface area contributed by atoms with Crippen molar-refractivity contribution < 1.29 is 5.11 Å². The van der Waals surface area contributed by atoms with Crippen LogP contribution in [-0.4, -0.2) is 53.6 Å². The molecule has 1 atom stereocenters. The Morgan fingerprint density at radius 2 is 1.77 bits per heavy atom. The Labute approximate surface area is 225 Å². The molecule has 8 nitrogen and oxygen atoms in total. The molecular weight excluding hydrogens is 486 g/mol. The smallest absolute Gasteiger partial charge is 0.152 e. The number of aromatic nitrogens is 5. The molecule has 3 aromatic carbocycles. The molecule has 1 aliphatic heterocycles. The van der Waals surface area contributed by atoms with Gasteiger partial charge < -0.3 is 10.8 Å². The number of benzene rings is 3. The number of nitrogen functional groups attached to an aromatic ring is 1. The Morgan fingerprint density at radius 3 is 2.62 bits per heavy atom. The first-order valence-corrected chi connectivity index (χ1v) is 13.2. The summed E-state index contributed by atoms with van der Waals surface area (Å²) in [5, 5.41) is 20.4. The Balaban J connectivity index is 1.27. The highest BCUT2D eigenvalue weighted by molar-refractivity contribution is 5.95. The second kappa shape index (κ2) is 9.65. The summed E-state index contributed by atoms with van der Waals surface area (Å²) in [6.07, 6.45) is 4.18. The van der Waals surface area contributed by atoms with Gasteiger partial charge in [0.1, 0.15) is 11.8 Å². The van der Waals surface area contributed by atoms with E-state index in [-0.39, 0.29) is 6.10 Å². The maximum absolute atomic E-state index is 9.92. The Kier molecular flexibility index (Phi) is 5.83. The van der Waals surface area contributed by atoms with Gasteiger partial charge in [-0.1, -0.05) is 60.7 Å². The summed E-state index contributed by atoms with van der Waals surface area (Å²) in [6.45, 7) is 3.16. The van der Waals surface area contributed by atoms with Crippen molar-refractivity contribution in [1.82, 2.24) is 29.3 Å². The van der Waals surface area contributed by atoms with Crippen LogP contribution in [0, 0.1) is 0 Å². The Morgan fingerprint density at radius 1 is 0.897 bits per heavy atom. The SMILES string of the molecule is Nc1ncnn2c(-c3cccc(CN4CCC(O)C4)c3)cc(-c3ccc4cn(Cc5ccccc5)nc4c3)c12. The fourth-order valence-electron chi connectivity index (χ4n) is 5.62. The molecule has 194 valence electrons. The summed E-state index contributed by atoms with van der Waals surface area (Å²) < 4.78 is 3.87. The molecule has 3 N–H and O–H groups in total. The molecule has 0 radical (unpaired) electrons. The summed E-state index contributed by atoms with van der Waals surface area (Å²) in [5.74, 6) is 0.433. The zero-order chi connectivity index (χ0) is 26.3. The lowest BCUT2D eigenvalue weighted by Crippen LogP contribution is -2.21. The van der Waals surface area contributed by atoms with Gasteiger partial charge in [-0.3, -0.25) is 9.58 Å². The van der Waals surface area contributed by atoms with Crippen molar-refractivity contribution >= 4 is 22.2 Å². The first-order valence-electron chi connectivity index (χ1n) is 13.2. The summed E-state index contributed by atoms with van der Waals surface area (Å²) in [6, 6.07) is 27.3. The van der Waals surface area contributed by atoms with Crippen molar-refractivity contribution in [3.05, 3.63) is 103 Å². The monoisotopic (exact) mass is 515 g/mol. The highest BCUT2D eigenvalue weighted by atomic mass is 16.3. The number of fused-ring (bicyclic) bond motifs is 2. The van der Waals surface area contributed by atoms with Crippen molar-refractivity contribution in [3.8, 4) is 22.4 Å². The van der Waals surface area contributed by atoms with Crippen molar-refractivity contribution in [2.45, 2.75) is 25.6 Å². The minimum atomic E-state index is -0.230. The maximum Gasteiger partial charge on any atom is 0.152 e. The lowest BCUT2D eigenvalue weighted by atomic mass is 10.0. The third-order valence-electron chi connectivity index (χ3n) is 7.51. The fraction of sp³-hybridized carbons (Fsp3) is 0.194. The molecule has 39 heavy (non-hydrogen) atoms. The van der Waals surface area contributed by atoms with E-state index in [4.69, 9.17) is 10.8 Å². The van der Waals surface area contributed by atoms with Crippen LogP contribution in [0.1, 0.15) is 17.5 Å². The van der Waals surface area contributed by atoms with Crippen LogP contribution in [0.5, 0.6) is 0 Å². The summed E-state index contributed by atoms with van der Waals surface area (Å²) in [7, 11) is 0. The van der Waals surface area contributed by atoms with Gasteiger partial charge in [-0.15, -0.1) is 0 Å². The van der Waals surface area contributed by atoms with Gasteiger partial charge in [-0.2, -0.15) is 10.2 Å². The van der Waals surface area contributed by atoms with Crippen LogP contribution in [0.25, 0.3) is 38.8 Å². The number of nitrogens with two attached hydrogens (primary N) is 1. The number of aliphatic hydroxyl groups is 1. The number of anilines is 1. The van der Waals surface area contributed by atoms with Gasteiger partial charge in [0.15, 0.2) is 5.82 Å². The predicted molar refractivity (Wildman–Crippen MR) is 153 cm³/mol. The van der Waals surface area contributed by atoms with Crippen LogP contribution >= 0.6 is 0 Å². The van der Waals surface area contributed by atoms with Gasteiger partial charge in [-0.05, 0) is 41.3 Å². The number of hydrogen-bond acceptors (Lipinski definition) is 6. The number of nitrogens with zero attached hydrogens (tertiary/aromatic N) is 6. The van der Waals surface area contributed by atoms with Gasteiger partial charge in [-0.25, -0.2) is 9.50 Å². The number of aliphatic hydroxyl groups excluding tert-OH is 1. The lowest BCUT2D eigenvalue weighted by molar-refractivity contribution is 0.175. The summed E-state index contributed by atoms with van der Waals surface area (Å²) >= 11 is 0. The zero-order valence-electron chi connectivity index (χ0n) is 21.5. The van der Waals surface area contributed by atoms with E-state index in [0.29, 0.717) is 5.82 Å². The van der Waals surface area contributed by atoms with Crippen molar-refractivity contribution in [2.24, 2.45) is 0 Å². The molecule has 1 fully saturated rings. The summed E-state index contributed by atoms with van der Waals surface area (Å²) in [5.41, 5.74) is 14.5. The van der Waals surface area contributed by atoms with E-state index in [0.717, 1.165) is 71.4 Å². The summed E-state index contributed by atoms with van der Waals surface area (Å²) in [4.78, 5) is 6.59. The maximum atomic E-state index is 9.92. The van der Waals surface area contributed by atoms with E-state index in [1.807, 2.05) is 27.4 Å². The highest BCUT2D eigenvalue weighted by Crippen LogP contribution is 2.36. The first kappa shape index (κ1) is 23.6. The molecule has 6 aromatic rings. The van der Waals surface area contributed by atoms with Gasteiger partial charge in [0.25, 0.3) is 0 Å². The Hall–Kier alpha value is -4.53. The molecule has 8 heteroatoms. The first-order chi connectivity index (χ1) is 19.1. The second-order valence-electron chi connectivity index (χ2n) is 10.3. The molecule has 0 bridgehead atoms. The molecule has 3 aromatic heterocycles. The van der Waals surface area contributed by atoms with Crippen molar-refractivity contribution in [3.63, 3.8) is 0 Å². The Bertz CT molecular complexity index is 1790. The number of rotatable bonds is 6. The average molecular weight is 516 g/mol. The van der Waals surface area contributed by atoms with Gasteiger partial charge in [0.05, 0.1) is 23.9 Å². The molecule has 0 saturated carbocycles. The van der Waals surface area contributed by atoms with E-state index in [1.54, 1.807) is 0 Å². The lowest BCUT2D eigenvalue weighted by Gasteiger charge is -2.15. The van der Waals surface area contributed by atoms with E-state index in [2.05, 4.69) is 81.8 Å². The van der Waals surface area contributed by atoms with Crippen molar-refractivity contribution in [2.75, 3.05) is 18.8 Å². The highest BCUT2D eigenvalue weighted by Gasteiger charge is 2.21. The van der Waals surface area contributed by atoms with Crippen LogP contribution in [-0.2, 0) is 13.1 Å². The van der Waals surface area contributed by atoms with Gasteiger partial charge >= 0.3 is 0 Å². The molecule has 1 aliphatic rings. The molecule has 1 saturated heterocycles. The van der Waals surface area contributed by atoms with Crippen LogP contribution in [0.15, 0.2) is 91.4 Å². The number of likely N-dealkylation sites (tertiary alicyclic amines) is 1. The standard InChI is InChI=1S/C31H29N7O/c32-31-30-27(23-9-10-25-18-37(35-28(25)14-23)17-21-5-2-1-3-6-21)15-29(38(30)34-20-33-31)24-8-4-7-22(13-24)16-36-12-11-26(39)19-36/h1-10,13-15,18,20,26,39H,11-12,16-17,19H2,(H2,32,33,34). The normalized spacial score (nSPS) is 16.0. The van der Waals surface area contributed by atoms with Crippen LogP contribution < -0.4 is 5.73 Å². The van der Waals surface area contributed by atoms with Crippen LogP contribution in [0.3, 0.4) is 0 Å². The molecule has 4 heterocycles. The van der Waals surface area contributed by atoms with E-state index in [1.165, 1.54) is 17.5 Å². The quantitative estimate of drug-likeness (QED) is 0.336. The molecule has 0 spiro atoms. The minimum Gasteiger partial charge on any atom is -0.392 e. The number of β-amino-alcohol motifs (C(OH)–C–C–N with tert-alkyl or cyclic N) is 1. The van der Waals surface area contributed by atoms with Gasteiger partial charge in [0, 0.05) is 42.3 Å². The fourth-order valence-corrected chi connectivity index (χ4v) is 5.62. The molecule has 1 unspecified atom stereocenters. The predicted octanol–water partition coefficient (Wildman–Crippen LogP) is 4.61. The second-order valence-corrected chi connectivity index (χ2v) is 10.3.